The first-order chi connectivity index (χ1) is 8.03. The molecule has 1 heterocycles. The van der Waals surface area contributed by atoms with Gasteiger partial charge in [0, 0.05) is 18.2 Å². The summed E-state index contributed by atoms with van der Waals surface area (Å²) in [5.74, 6) is -1.94. The summed E-state index contributed by atoms with van der Waals surface area (Å²) in [6, 6.07) is 4.68. The average Bonchev–Trinajstić information content (AvgIpc) is 2.25. The Morgan fingerprint density at radius 2 is 1.78 bits per heavy atom. The van der Waals surface area contributed by atoms with Crippen molar-refractivity contribution in [3.63, 3.8) is 0 Å². The maximum absolute atomic E-state index is 12.3. The molecule has 0 saturated carbocycles. The highest BCUT2D eigenvalue weighted by molar-refractivity contribution is 5.95. The molecule has 1 aromatic rings. The Morgan fingerprint density at radius 3 is 2.22 bits per heavy atom. The first kappa shape index (κ1) is 14.5. The van der Waals surface area contributed by atoms with E-state index in [0.717, 1.165) is 7.05 Å². The van der Waals surface area contributed by atoms with Gasteiger partial charge in [0.1, 0.15) is 5.82 Å². The molecule has 1 rings (SSSR count). The summed E-state index contributed by atoms with van der Waals surface area (Å²) in [5, 5.41) is 0. The van der Waals surface area contributed by atoms with Gasteiger partial charge in [-0.2, -0.15) is 13.2 Å². The minimum absolute atomic E-state index is 0.00949. The quantitative estimate of drug-likeness (QED) is 0.777. The fourth-order valence-electron chi connectivity index (χ4n) is 1.32. The van der Waals surface area contributed by atoms with Crippen LogP contribution in [0.4, 0.5) is 19.0 Å². The van der Waals surface area contributed by atoms with Crippen molar-refractivity contribution in [2.45, 2.75) is 32.4 Å². The van der Waals surface area contributed by atoms with Crippen molar-refractivity contribution in [2.75, 3.05) is 11.9 Å². The molecule has 18 heavy (non-hydrogen) atoms. The molecule has 0 unspecified atom stereocenters. The van der Waals surface area contributed by atoms with Crippen LogP contribution in [0.5, 0.6) is 0 Å². The molecule has 100 valence electrons. The molecule has 0 aromatic carbocycles. The van der Waals surface area contributed by atoms with Crippen molar-refractivity contribution in [1.29, 1.82) is 0 Å². The second kappa shape index (κ2) is 4.59. The van der Waals surface area contributed by atoms with Crippen LogP contribution in [-0.4, -0.2) is 24.1 Å². The zero-order valence-electron chi connectivity index (χ0n) is 10.7. The van der Waals surface area contributed by atoms with Crippen molar-refractivity contribution in [3.05, 3.63) is 23.9 Å². The number of pyridine rings is 1. The van der Waals surface area contributed by atoms with E-state index in [1.165, 1.54) is 6.07 Å². The highest BCUT2D eigenvalue weighted by Gasteiger charge is 2.42. The number of hydrogen-bond acceptors (Lipinski definition) is 2. The minimum atomic E-state index is -4.89. The minimum Gasteiger partial charge on any atom is -0.292 e. The normalized spacial score (nSPS) is 12.4. The molecule has 0 N–H and O–H groups in total. The second-order valence-corrected chi connectivity index (χ2v) is 4.99. The summed E-state index contributed by atoms with van der Waals surface area (Å²) in [6.07, 6.45) is -4.89. The number of amides is 1. The Balaban J connectivity index is 3.08. The Labute approximate surface area is 104 Å². The molecule has 0 radical (unpaired) electrons. The summed E-state index contributed by atoms with van der Waals surface area (Å²) in [4.78, 5) is 15.7. The van der Waals surface area contributed by atoms with E-state index in [1.807, 2.05) is 20.8 Å². The van der Waals surface area contributed by atoms with E-state index in [4.69, 9.17) is 0 Å². The van der Waals surface area contributed by atoms with E-state index < -0.39 is 12.1 Å². The lowest BCUT2D eigenvalue weighted by Gasteiger charge is -2.22. The molecule has 1 aromatic heterocycles. The largest absolute Gasteiger partial charge is 0.471 e. The van der Waals surface area contributed by atoms with Gasteiger partial charge in [-0.15, -0.1) is 0 Å². The van der Waals surface area contributed by atoms with Gasteiger partial charge in [-0.25, -0.2) is 4.98 Å². The van der Waals surface area contributed by atoms with Gasteiger partial charge in [-0.1, -0.05) is 26.8 Å². The van der Waals surface area contributed by atoms with E-state index in [9.17, 15) is 18.0 Å². The lowest BCUT2D eigenvalue weighted by Crippen LogP contribution is -2.39. The van der Waals surface area contributed by atoms with E-state index in [2.05, 4.69) is 4.98 Å². The lowest BCUT2D eigenvalue weighted by molar-refractivity contribution is -0.170. The van der Waals surface area contributed by atoms with Gasteiger partial charge in [0.05, 0.1) is 0 Å². The van der Waals surface area contributed by atoms with Crippen LogP contribution >= 0.6 is 0 Å². The zero-order chi connectivity index (χ0) is 14.1. The molecule has 0 spiro atoms. The fourth-order valence-corrected chi connectivity index (χ4v) is 1.32. The molecule has 0 aliphatic carbocycles. The number of halogens is 3. The van der Waals surface area contributed by atoms with Crippen LogP contribution in [0.15, 0.2) is 18.2 Å². The number of anilines is 1. The van der Waals surface area contributed by atoms with Crippen molar-refractivity contribution in [3.8, 4) is 0 Å². The van der Waals surface area contributed by atoms with Gasteiger partial charge >= 0.3 is 12.1 Å². The van der Waals surface area contributed by atoms with Crippen LogP contribution in [0.3, 0.4) is 0 Å². The Morgan fingerprint density at radius 1 is 1.22 bits per heavy atom. The van der Waals surface area contributed by atoms with Crippen LogP contribution < -0.4 is 4.90 Å². The molecule has 0 atom stereocenters. The highest BCUT2D eigenvalue weighted by Crippen LogP contribution is 2.25. The monoisotopic (exact) mass is 260 g/mol. The van der Waals surface area contributed by atoms with E-state index >= 15 is 0 Å². The molecule has 0 saturated heterocycles. The molecule has 0 aliphatic rings. The molecular formula is C12H15F3N2O. The average molecular weight is 260 g/mol. The van der Waals surface area contributed by atoms with Crippen molar-refractivity contribution in [1.82, 2.24) is 4.98 Å². The Kier molecular flexibility index (Phi) is 3.69. The molecule has 0 aliphatic heterocycles. The van der Waals surface area contributed by atoms with Gasteiger partial charge in [0.25, 0.3) is 0 Å². The summed E-state index contributed by atoms with van der Waals surface area (Å²) >= 11 is 0. The standard InChI is InChI=1S/C12H15F3N2O/c1-11(2,3)8-6-5-7-9(16-8)17(4)10(18)12(13,14)15/h5-7H,1-4H3. The topological polar surface area (TPSA) is 33.2 Å². The Hall–Kier alpha value is -1.59. The number of carbonyl (C=O) groups excluding carboxylic acids is 1. The highest BCUT2D eigenvalue weighted by atomic mass is 19.4. The van der Waals surface area contributed by atoms with Crippen molar-refractivity contribution in [2.24, 2.45) is 0 Å². The lowest BCUT2D eigenvalue weighted by atomic mass is 9.92. The molecule has 0 bridgehead atoms. The third-order valence-electron chi connectivity index (χ3n) is 2.39. The molecule has 6 heteroatoms. The predicted molar refractivity (Wildman–Crippen MR) is 62.4 cm³/mol. The third kappa shape index (κ3) is 3.21. The van der Waals surface area contributed by atoms with E-state index in [0.29, 0.717) is 10.6 Å². The number of nitrogens with zero attached hydrogens (tertiary/aromatic N) is 2. The van der Waals surface area contributed by atoms with Gasteiger partial charge in [-0.05, 0) is 12.1 Å². The zero-order valence-corrected chi connectivity index (χ0v) is 10.7. The Bertz CT molecular complexity index is 449. The number of hydrogen-bond donors (Lipinski definition) is 0. The summed E-state index contributed by atoms with van der Waals surface area (Å²) in [6.45, 7) is 5.68. The number of carbonyl (C=O) groups is 1. The first-order valence-corrected chi connectivity index (χ1v) is 5.36. The first-order valence-electron chi connectivity index (χ1n) is 5.36. The molecule has 0 fully saturated rings. The van der Waals surface area contributed by atoms with Crippen molar-refractivity contribution < 1.29 is 18.0 Å². The third-order valence-corrected chi connectivity index (χ3v) is 2.39. The van der Waals surface area contributed by atoms with E-state index in [-0.39, 0.29) is 11.2 Å². The summed E-state index contributed by atoms with van der Waals surface area (Å²) in [5.41, 5.74) is 0.333. The van der Waals surface area contributed by atoms with Gasteiger partial charge < -0.3 is 0 Å². The maximum Gasteiger partial charge on any atom is 0.471 e. The van der Waals surface area contributed by atoms with Gasteiger partial charge in [0.15, 0.2) is 0 Å². The number of aromatic nitrogens is 1. The van der Waals surface area contributed by atoms with Gasteiger partial charge in [-0.3, -0.25) is 9.69 Å². The van der Waals surface area contributed by atoms with Crippen LogP contribution in [-0.2, 0) is 10.2 Å². The SMILES string of the molecule is CN(C(=O)C(F)(F)F)c1cccc(C(C)(C)C)n1. The van der Waals surface area contributed by atoms with Crippen LogP contribution in [0, 0.1) is 0 Å². The number of rotatable bonds is 1. The van der Waals surface area contributed by atoms with E-state index in [1.54, 1.807) is 12.1 Å². The maximum atomic E-state index is 12.3. The number of alkyl halides is 3. The summed E-state index contributed by atoms with van der Waals surface area (Å²) in [7, 11) is 1.06. The van der Waals surface area contributed by atoms with Crippen LogP contribution in [0.2, 0.25) is 0 Å². The van der Waals surface area contributed by atoms with Crippen molar-refractivity contribution >= 4 is 11.7 Å². The summed E-state index contributed by atoms with van der Waals surface area (Å²) < 4.78 is 36.9. The second-order valence-electron chi connectivity index (χ2n) is 4.99. The van der Waals surface area contributed by atoms with Gasteiger partial charge in [0.2, 0.25) is 0 Å². The fraction of sp³-hybridized carbons (Fsp3) is 0.500. The molecule has 3 nitrogen and oxygen atoms in total. The van der Waals surface area contributed by atoms with Crippen LogP contribution in [0.1, 0.15) is 26.5 Å². The van der Waals surface area contributed by atoms with Crippen LogP contribution in [0.25, 0.3) is 0 Å². The molecular weight excluding hydrogens is 245 g/mol. The molecule has 1 amide bonds. The predicted octanol–water partition coefficient (Wildman–Crippen LogP) is 2.90. The smallest absolute Gasteiger partial charge is 0.292 e.